The number of nitrogens with one attached hydrogen (secondary N) is 4. The number of aliphatic hydroxyl groups is 1. The molecule has 314 valence electrons. The fourth-order valence-electron chi connectivity index (χ4n) is 4.95. The van der Waals surface area contributed by atoms with Crippen molar-refractivity contribution in [1.29, 1.82) is 0 Å². The molecule has 3 unspecified atom stereocenters. The highest BCUT2D eigenvalue weighted by atomic mass is 16.3. The Morgan fingerprint density at radius 2 is 1.43 bits per heavy atom. The van der Waals surface area contributed by atoms with Crippen LogP contribution in [0.1, 0.15) is 164 Å². The largest absolute Gasteiger partial charge is 0.381 e. The Bertz CT molecular complexity index is 1080. The fraction of sp³-hybridized carbons (Fsp3) is 0.780. The van der Waals surface area contributed by atoms with E-state index in [1.54, 1.807) is 0 Å². The minimum absolute atomic E-state index is 0.0257. The molecule has 1 aliphatic heterocycles. The van der Waals surface area contributed by atoms with Crippen molar-refractivity contribution >= 4 is 30.0 Å². The first-order valence-corrected chi connectivity index (χ1v) is 20.7. The first kappa shape index (κ1) is 54.7. The lowest BCUT2D eigenvalue weighted by Gasteiger charge is -2.30. The maximum absolute atomic E-state index is 12.9. The zero-order valence-electron chi connectivity index (χ0n) is 36.0. The van der Waals surface area contributed by atoms with Crippen LogP contribution in [-0.2, 0) is 19.2 Å². The average molecular weight is 766 g/mol. The van der Waals surface area contributed by atoms with Crippen molar-refractivity contribution in [3.8, 4) is 0 Å². The minimum atomic E-state index is -1.13. The van der Waals surface area contributed by atoms with Gasteiger partial charge in [0.2, 0.25) is 18.2 Å². The van der Waals surface area contributed by atoms with Crippen molar-refractivity contribution in [3.05, 3.63) is 24.3 Å². The van der Waals surface area contributed by atoms with Gasteiger partial charge in [-0.15, -0.1) is 0 Å². The van der Waals surface area contributed by atoms with Gasteiger partial charge in [-0.25, -0.2) is 4.98 Å². The van der Waals surface area contributed by atoms with E-state index in [1.165, 1.54) is 31.4 Å². The summed E-state index contributed by atoms with van der Waals surface area (Å²) in [6, 6.07) is -0.211. The van der Waals surface area contributed by atoms with Crippen molar-refractivity contribution in [2.75, 3.05) is 19.6 Å². The molecule has 3 aliphatic rings. The van der Waals surface area contributed by atoms with Crippen LogP contribution in [0.5, 0.6) is 0 Å². The van der Waals surface area contributed by atoms with Crippen molar-refractivity contribution in [1.82, 2.24) is 36.1 Å². The van der Waals surface area contributed by atoms with E-state index in [2.05, 4.69) is 79.7 Å². The van der Waals surface area contributed by atoms with Gasteiger partial charge in [0, 0.05) is 31.0 Å². The summed E-state index contributed by atoms with van der Waals surface area (Å²) < 4.78 is 0. The maximum Gasteiger partial charge on any atom is 0.272 e. The number of aromatic nitrogens is 2. The maximum atomic E-state index is 12.9. The second-order valence-corrected chi connectivity index (χ2v) is 13.7. The standard InChI is InChI=1S/C20H29N5O3.C7H12N2O3.C4H10.2C3H8.2C2H6/c1-14-6-5-11-25(14)17(26)13-23-20(28)18(15-7-3-2-4-8-15)24-19(27)16-12-21-9-10-22-16;10-4-8-3-6(11)7(12)9-5-1-2-5;1-4(2)3;2*1-3-2;2*1-2/h9-10,12,14-15,18H,2-8,11,13H2,1H3,(H,23,28)(H,24,27);4-6,11H,1-3H2,(H,8,10)(H,9,12);4H,1-3H3;2*3H2,1-2H3;2*1-2H3. The van der Waals surface area contributed by atoms with Crippen LogP contribution < -0.4 is 21.3 Å². The van der Waals surface area contributed by atoms with E-state index in [1.807, 2.05) is 39.5 Å². The number of likely N-dealkylation sites (tertiary alicyclic amines) is 1. The SMILES string of the molecule is CC.CC.CC(C)C.CC1CCCN1C(=O)CNC(=O)C(NC(=O)c1cnccn1)C1CCCCC1.CCC.CCC.O=CNCC(O)C(=O)NC1CC1. The van der Waals surface area contributed by atoms with Crippen molar-refractivity contribution < 1.29 is 29.1 Å². The third kappa shape index (κ3) is 27.9. The predicted molar refractivity (Wildman–Crippen MR) is 220 cm³/mol. The molecule has 54 heavy (non-hydrogen) atoms. The Morgan fingerprint density at radius 1 is 0.870 bits per heavy atom. The summed E-state index contributed by atoms with van der Waals surface area (Å²) in [5.74, 6) is -0.300. The average Bonchev–Trinajstić information content (AvgIpc) is 3.89. The number of carbonyl (C=O) groups excluding carboxylic acids is 5. The topological polar surface area (TPSA) is 183 Å². The molecule has 13 heteroatoms. The number of aliphatic hydroxyl groups excluding tert-OH is 1. The van der Waals surface area contributed by atoms with Gasteiger partial charge in [-0.3, -0.25) is 29.0 Å². The number of amides is 5. The Hall–Kier alpha value is -3.61. The normalized spacial score (nSPS) is 16.6. The van der Waals surface area contributed by atoms with Crippen LogP contribution >= 0.6 is 0 Å². The summed E-state index contributed by atoms with van der Waals surface area (Å²) >= 11 is 0. The smallest absolute Gasteiger partial charge is 0.272 e. The predicted octanol–water partition coefficient (Wildman–Crippen LogP) is 6.20. The molecule has 1 saturated heterocycles. The van der Waals surface area contributed by atoms with E-state index in [-0.39, 0.29) is 48.6 Å². The van der Waals surface area contributed by atoms with Gasteiger partial charge in [0.15, 0.2) is 0 Å². The van der Waals surface area contributed by atoms with Crippen LogP contribution in [0.2, 0.25) is 0 Å². The van der Waals surface area contributed by atoms with Crippen LogP contribution in [-0.4, -0.2) is 93.9 Å². The van der Waals surface area contributed by atoms with Crippen LogP contribution in [0.25, 0.3) is 0 Å². The molecular weight excluding hydrogens is 686 g/mol. The zero-order valence-corrected chi connectivity index (χ0v) is 36.0. The van der Waals surface area contributed by atoms with Gasteiger partial charge in [0.25, 0.3) is 11.8 Å². The van der Waals surface area contributed by atoms with Crippen molar-refractivity contribution in [2.45, 2.75) is 178 Å². The zero-order chi connectivity index (χ0) is 41.9. The second kappa shape index (κ2) is 36.4. The fourth-order valence-corrected chi connectivity index (χ4v) is 4.95. The molecule has 1 aromatic rings. The highest BCUT2D eigenvalue weighted by Gasteiger charge is 2.33. The molecule has 3 fully saturated rings. The Kier molecular flexibility index (Phi) is 36.9. The van der Waals surface area contributed by atoms with Crippen LogP contribution in [0, 0.1) is 11.8 Å². The van der Waals surface area contributed by atoms with Gasteiger partial charge in [-0.2, -0.15) is 0 Å². The number of hydrogen-bond donors (Lipinski definition) is 5. The van der Waals surface area contributed by atoms with E-state index < -0.39 is 24.0 Å². The second-order valence-electron chi connectivity index (χ2n) is 13.7. The molecule has 2 aliphatic carbocycles. The molecule has 13 nitrogen and oxygen atoms in total. The highest BCUT2D eigenvalue weighted by Crippen LogP contribution is 2.27. The quantitative estimate of drug-likeness (QED) is 0.165. The Morgan fingerprint density at radius 3 is 1.87 bits per heavy atom. The molecular formula is C41H79N7O6. The molecule has 1 aromatic heterocycles. The van der Waals surface area contributed by atoms with Gasteiger partial charge >= 0.3 is 0 Å². The van der Waals surface area contributed by atoms with E-state index in [4.69, 9.17) is 5.11 Å². The summed E-state index contributed by atoms with van der Waals surface area (Å²) in [6.07, 6.45) is 15.1. The molecule has 5 N–H and O–H groups in total. The molecule has 0 spiro atoms. The lowest BCUT2D eigenvalue weighted by Crippen LogP contribution is -2.53. The molecule has 2 saturated carbocycles. The number of hydrogen-bond acceptors (Lipinski definition) is 8. The molecule has 0 bridgehead atoms. The van der Waals surface area contributed by atoms with E-state index in [9.17, 15) is 24.0 Å². The molecule has 4 rings (SSSR count). The van der Waals surface area contributed by atoms with Gasteiger partial charge < -0.3 is 31.3 Å². The van der Waals surface area contributed by atoms with Crippen LogP contribution in [0.3, 0.4) is 0 Å². The molecule has 0 aromatic carbocycles. The monoisotopic (exact) mass is 766 g/mol. The molecule has 5 amide bonds. The number of rotatable bonds is 11. The summed E-state index contributed by atoms with van der Waals surface area (Å²) in [5, 5.41) is 19.5. The first-order valence-electron chi connectivity index (χ1n) is 20.7. The Balaban J connectivity index is -0.000000824. The summed E-state index contributed by atoms with van der Waals surface area (Å²) in [7, 11) is 0. The summed E-state index contributed by atoms with van der Waals surface area (Å²) in [5.41, 5.74) is 0.179. The number of carbonyl (C=O) groups is 5. The molecule has 3 atom stereocenters. The van der Waals surface area contributed by atoms with Crippen molar-refractivity contribution in [3.63, 3.8) is 0 Å². The highest BCUT2D eigenvalue weighted by molar-refractivity contribution is 5.96. The molecule has 2 heterocycles. The first-order chi connectivity index (χ1) is 25.9. The summed E-state index contributed by atoms with van der Waals surface area (Å²) in [6.45, 7) is 25.7. The lowest BCUT2D eigenvalue weighted by atomic mass is 9.83. The van der Waals surface area contributed by atoms with Crippen molar-refractivity contribution in [2.24, 2.45) is 11.8 Å². The van der Waals surface area contributed by atoms with Gasteiger partial charge in [0.1, 0.15) is 17.8 Å². The van der Waals surface area contributed by atoms with Gasteiger partial charge in [-0.05, 0) is 57.3 Å². The van der Waals surface area contributed by atoms with E-state index in [0.29, 0.717) is 6.41 Å². The summed E-state index contributed by atoms with van der Waals surface area (Å²) in [4.78, 5) is 68.3. The number of nitrogens with zero attached hydrogens (tertiary/aromatic N) is 3. The minimum Gasteiger partial charge on any atom is -0.381 e. The van der Waals surface area contributed by atoms with Gasteiger partial charge in [0.05, 0.1) is 19.3 Å². The van der Waals surface area contributed by atoms with Crippen LogP contribution in [0.4, 0.5) is 0 Å². The lowest BCUT2D eigenvalue weighted by molar-refractivity contribution is -0.134. The van der Waals surface area contributed by atoms with Crippen LogP contribution in [0.15, 0.2) is 18.6 Å². The third-order valence-corrected chi connectivity index (χ3v) is 7.39. The van der Waals surface area contributed by atoms with E-state index in [0.717, 1.165) is 70.3 Å². The van der Waals surface area contributed by atoms with Gasteiger partial charge in [-0.1, -0.05) is 108 Å². The third-order valence-electron chi connectivity index (χ3n) is 7.39. The van der Waals surface area contributed by atoms with E-state index >= 15 is 0 Å². The Labute approximate surface area is 328 Å². The molecule has 0 radical (unpaired) electrons.